The van der Waals surface area contributed by atoms with E-state index in [4.69, 9.17) is 4.98 Å². The molecule has 3 aromatic rings. The molecule has 0 unspecified atom stereocenters. The second kappa shape index (κ2) is 9.58. The molecule has 1 aromatic heterocycles. The molecule has 0 amide bonds. The normalized spacial score (nSPS) is 15.2. The molecule has 2 heterocycles. The van der Waals surface area contributed by atoms with Crippen molar-refractivity contribution in [3.05, 3.63) is 82.3 Å². The van der Waals surface area contributed by atoms with Crippen molar-refractivity contribution in [1.29, 1.82) is 0 Å². The second-order valence-electron chi connectivity index (χ2n) is 8.75. The van der Waals surface area contributed by atoms with Gasteiger partial charge in [0, 0.05) is 56.1 Å². The third-order valence-electron chi connectivity index (χ3n) is 6.05. The van der Waals surface area contributed by atoms with Crippen LogP contribution in [0.5, 0.6) is 0 Å². The first kappa shape index (κ1) is 21.5. The monoisotopic (exact) mass is 415 g/mol. The van der Waals surface area contributed by atoms with Gasteiger partial charge in [-0.3, -0.25) is 4.90 Å². The van der Waals surface area contributed by atoms with Crippen LogP contribution in [0.15, 0.2) is 48.5 Å². The molecule has 31 heavy (non-hydrogen) atoms. The predicted octanol–water partition coefficient (Wildman–Crippen LogP) is 4.48. The molecule has 0 spiro atoms. The quantitative estimate of drug-likeness (QED) is 0.643. The summed E-state index contributed by atoms with van der Waals surface area (Å²) >= 11 is 0. The smallest absolute Gasteiger partial charge is 0.137 e. The number of anilines is 2. The maximum atomic E-state index is 4.73. The first-order valence-electron chi connectivity index (χ1n) is 11.1. The van der Waals surface area contributed by atoms with Crippen LogP contribution in [0.25, 0.3) is 0 Å². The topological polar surface area (TPSA) is 44.3 Å². The van der Waals surface area contributed by atoms with Gasteiger partial charge in [-0.2, -0.15) is 0 Å². The maximum Gasteiger partial charge on any atom is 0.137 e. The van der Waals surface area contributed by atoms with E-state index in [1.54, 1.807) is 0 Å². The Hall–Kier alpha value is -2.76. The minimum absolute atomic E-state index is 0.791. The van der Waals surface area contributed by atoms with E-state index in [1.165, 1.54) is 16.7 Å². The number of rotatable bonds is 6. The summed E-state index contributed by atoms with van der Waals surface area (Å²) in [7, 11) is 2.20. The molecule has 1 aliphatic rings. The van der Waals surface area contributed by atoms with Gasteiger partial charge in [-0.15, -0.1) is 0 Å². The van der Waals surface area contributed by atoms with Gasteiger partial charge in [0.15, 0.2) is 0 Å². The van der Waals surface area contributed by atoms with Gasteiger partial charge in [0.1, 0.15) is 11.6 Å². The van der Waals surface area contributed by atoms with Crippen molar-refractivity contribution in [3.8, 4) is 0 Å². The zero-order valence-electron chi connectivity index (χ0n) is 19.2. The van der Waals surface area contributed by atoms with E-state index in [0.29, 0.717) is 0 Å². The summed E-state index contributed by atoms with van der Waals surface area (Å²) in [5.74, 6) is 1.69. The summed E-state index contributed by atoms with van der Waals surface area (Å²) in [6.07, 6.45) is 0.816. The number of likely N-dealkylation sites (N-methyl/N-ethyl adjacent to an activating group) is 1. The lowest BCUT2D eigenvalue weighted by molar-refractivity contribution is 0.148. The highest BCUT2D eigenvalue weighted by Crippen LogP contribution is 2.25. The molecule has 5 heteroatoms. The van der Waals surface area contributed by atoms with E-state index in [0.717, 1.165) is 67.7 Å². The largest absolute Gasteiger partial charge is 0.340 e. The fourth-order valence-electron chi connectivity index (χ4n) is 4.06. The summed E-state index contributed by atoms with van der Waals surface area (Å²) in [6.45, 7) is 11.7. The number of nitrogens with one attached hydrogen (secondary N) is 1. The van der Waals surface area contributed by atoms with Crippen LogP contribution in [0.3, 0.4) is 0 Å². The minimum atomic E-state index is 0.791. The highest BCUT2D eigenvalue weighted by molar-refractivity contribution is 5.61. The van der Waals surface area contributed by atoms with Crippen LogP contribution in [0.2, 0.25) is 0 Å². The number of hydrogen-bond acceptors (Lipinski definition) is 5. The Kier molecular flexibility index (Phi) is 6.64. The summed E-state index contributed by atoms with van der Waals surface area (Å²) in [5, 5.41) is 3.55. The first-order chi connectivity index (χ1) is 15.0. The number of piperazine rings is 1. The van der Waals surface area contributed by atoms with Gasteiger partial charge in [0.05, 0.1) is 0 Å². The van der Waals surface area contributed by atoms with Crippen molar-refractivity contribution < 1.29 is 0 Å². The van der Waals surface area contributed by atoms with Crippen molar-refractivity contribution >= 4 is 11.5 Å². The zero-order chi connectivity index (χ0) is 21.8. The van der Waals surface area contributed by atoms with Gasteiger partial charge in [-0.1, -0.05) is 42.0 Å². The van der Waals surface area contributed by atoms with Gasteiger partial charge >= 0.3 is 0 Å². The van der Waals surface area contributed by atoms with E-state index in [1.807, 2.05) is 6.92 Å². The van der Waals surface area contributed by atoms with E-state index < -0.39 is 0 Å². The van der Waals surface area contributed by atoms with Crippen molar-refractivity contribution in [1.82, 2.24) is 19.8 Å². The van der Waals surface area contributed by atoms with E-state index in [-0.39, 0.29) is 0 Å². The van der Waals surface area contributed by atoms with Crippen LogP contribution in [-0.2, 0) is 13.0 Å². The molecule has 1 aliphatic heterocycles. The van der Waals surface area contributed by atoms with Crippen LogP contribution in [0, 0.1) is 20.8 Å². The maximum absolute atomic E-state index is 4.73. The lowest BCUT2D eigenvalue weighted by atomic mass is 10.0. The van der Waals surface area contributed by atoms with Crippen LogP contribution >= 0.6 is 0 Å². The number of benzene rings is 2. The van der Waals surface area contributed by atoms with Crippen molar-refractivity contribution in [2.45, 2.75) is 33.7 Å². The van der Waals surface area contributed by atoms with Crippen molar-refractivity contribution in [3.63, 3.8) is 0 Å². The fourth-order valence-corrected chi connectivity index (χ4v) is 4.06. The molecule has 162 valence electrons. The molecule has 1 fully saturated rings. The molecule has 4 rings (SSSR count). The second-order valence-corrected chi connectivity index (χ2v) is 8.75. The molecule has 0 saturated carbocycles. The van der Waals surface area contributed by atoms with Crippen LogP contribution in [0.4, 0.5) is 11.5 Å². The molecule has 0 radical (unpaired) electrons. The Labute approximate surface area is 186 Å². The number of nitrogens with zero attached hydrogens (tertiary/aromatic N) is 4. The van der Waals surface area contributed by atoms with Gasteiger partial charge in [0.2, 0.25) is 0 Å². The average Bonchev–Trinajstić information content (AvgIpc) is 2.75. The summed E-state index contributed by atoms with van der Waals surface area (Å²) in [4.78, 5) is 14.3. The third kappa shape index (κ3) is 5.69. The van der Waals surface area contributed by atoms with Crippen molar-refractivity contribution in [2.24, 2.45) is 0 Å². The zero-order valence-corrected chi connectivity index (χ0v) is 19.2. The SMILES string of the molecule is Cc1ccc(Cc2c(C)nc(C)nc2Nc2ccc(CN3CCN(C)CC3)cc2)cc1. The molecule has 0 atom stereocenters. The Balaban J connectivity index is 1.48. The predicted molar refractivity (Wildman–Crippen MR) is 128 cm³/mol. The Morgan fingerprint density at radius 3 is 2.13 bits per heavy atom. The summed E-state index contributed by atoms with van der Waals surface area (Å²) < 4.78 is 0. The van der Waals surface area contributed by atoms with Gasteiger partial charge in [-0.25, -0.2) is 9.97 Å². The van der Waals surface area contributed by atoms with Crippen molar-refractivity contribution in [2.75, 3.05) is 38.5 Å². The minimum Gasteiger partial charge on any atom is -0.340 e. The van der Waals surface area contributed by atoms with E-state index in [2.05, 4.69) is 89.5 Å². The standard InChI is InChI=1S/C26H33N5/c1-19-5-7-22(8-6-19)17-25-20(2)27-21(3)28-26(25)29-24-11-9-23(10-12-24)18-31-15-13-30(4)14-16-31/h5-12H,13-18H2,1-4H3,(H,27,28,29). The Bertz CT molecular complexity index is 1000. The van der Waals surface area contributed by atoms with Crippen LogP contribution < -0.4 is 5.32 Å². The van der Waals surface area contributed by atoms with E-state index >= 15 is 0 Å². The lowest BCUT2D eigenvalue weighted by Crippen LogP contribution is -2.43. The molecular formula is C26H33N5. The molecule has 2 aromatic carbocycles. The van der Waals surface area contributed by atoms with Crippen LogP contribution in [-0.4, -0.2) is 53.0 Å². The Morgan fingerprint density at radius 1 is 0.806 bits per heavy atom. The summed E-state index contributed by atoms with van der Waals surface area (Å²) in [5.41, 5.74) is 7.13. The third-order valence-corrected chi connectivity index (χ3v) is 6.05. The molecule has 0 aliphatic carbocycles. The first-order valence-corrected chi connectivity index (χ1v) is 11.1. The molecule has 0 bridgehead atoms. The van der Waals surface area contributed by atoms with E-state index in [9.17, 15) is 0 Å². The molecule has 1 saturated heterocycles. The fraction of sp³-hybridized carbons (Fsp3) is 0.385. The summed E-state index contributed by atoms with van der Waals surface area (Å²) in [6, 6.07) is 17.5. The van der Waals surface area contributed by atoms with Gasteiger partial charge < -0.3 is 10.2 Å². The van der Waals surface area contributed by atoms with Crippen LogP contribution in [0.1, 0.15) is 33.8 Å². The molecule has 5 nitrogen and oxygen atoms in total. The average molecular weight is 416 g/mol. The number of aromatic nitrogens is 2. The Morgan fingerprint density at radius 2 is 1.45 bits per heavy atom. The molecule has 1 N–H and O–H groups in total. The highest BCUT2D eigenvalue weighted by atomic mass is 15.2. The number of hydrogen-bond donors (Lipinski definition) is 1. The number of aryl methyl sites for hydroxylation is 3. The molecular weight excluding hydrogens is 382 g/mol. The van der Waals surface area contributed by atoms with Gasteiger partial charge in [0.25, 0.3) is 0 Å². The highest BCUT2D eigenvalue weighted by Gasteiger charge is 2.14. The lowest BCUT2D eigenvalue weighted by Gasteiger charge is -2.32. The van der Waals surface area contributed by atoms with Gasteiger partial charge in [-0.05, 0) is 51.1 Å².